The minimum absolute atomic E-state index is 0.286. The number of phenols is 1. The van der Waals surface area contributed by atoms with Crippen molar-refractivity contribution in [3.05, 3.63) is 42.5 Å². The Morgan fingerprint density at radius 1 is 1.35 bits per heavy atom. The fraction of sp³-hybridized carbons (Fsp3) is 0.500. The molecule has 0 aliphatic carbocycles. The predicted octanol–water partition coefficient (Wildman–Crippen LogP) is 2.10. The van der Waals surface area contributed by atoms with Crippen LogP contribution in [0.15, 0.2) is 41.9 Å². The number of hydrogen-bond acceptors (Lipinski definition) is 3. The van der Waals surface area contributed by atoms with Gasteiger partial charge in [-0.05, 0) is 37.5 Å². The molecule has 1 saturated heterocycles. The van der Waals surface area contributed by atoms with Crippen molar-refractivity contribution in [3.63, 3.8) is 0 Å². The van der Waals surface area contributed by atoms with Gasteiger partial charge in [-0.1, -0.05) is 18.2 Å². The maximum atomic E-state index is 9.32. The van der Waals surface area contributed by atoms with E-state index in [2.05, 4.69) is 34.0 Å². The number of nitrogens with zero attached hydrogens (tertiary/aromatic N) is 2. The van der Waals surface area contributed by atoms with Crippen LogP contribution in [0.4, 0.5) is 0 Å². The highest BCUT2D eigenvalue weighted by Crippen LogP contribution is 2.11. The van der Waals surface area contributed by atoms with Gasteiger partial charge in [0.25, 0.3) is 0 Å². The quantitative estimate of drug-likeness (QED) is 0.427. The predicted molar refractivity (Wildman–Crippen MR) is 95.7 cm³/mol. The lowest BCUT2D eigenvalue weighted by Crippen LogP contribution is -2.48. The standard InChI is InChI=1S/C18H28N4O/c1-3-11-22-12-9-16(10-13-22)21-18(19-4-2)20-14-15-5-7-17(23)8-6-15/h3,5-8,16,23H,1,4,9-14H2,2H3,(H2,19,20,21). The summed E-state index contributed by atoms with van der Waals surface area (Å²) < 4.78 is 0. The Morgan fingerprint density at radius 3 is 2.65 bits per heavy atom. The van der Waals surface area contributed by atoms with Gasteiger partial charge in [0.1, 0.15) is 5.75 Å². The first-order chi connectivity index (χ1) is 11.2. The first-order valence-corrected chi connectivity index (χ1v) is 8.37. The molecular weight excluding hydrogens is 288 g/mol. The Bertz CT molecular complexity index is 504. The van der Waals surface area contributed by atoms with E-state index in [0.29, 0.717) is 12.6 Å². The number of guanidine groups is 1. The molecule has 0 spiro atoms. The molecule has 126 valence electrons. The number of phenolic OH excluding ortho intramolecular Hbond substituents is 1. The summed E-state index contributed by atoms with van der Waals surface area (Å²) in [7, 11) is 0. The lowest BCUT2D eigenvalue weighted by atomic mass is 10.1. The van der Waals surface area contributed by atoms with Crippen LogP contribution >= 0.6 is 0 Å². The minimum atomic E-state index is 0.286. The first-order valence-electron chi connectivity index (χ1n) is 8.37. The Balaban J connectivity index is 1.87. The summed E-state index contributed by atoms with van der Waals surface area (Å²) in [6.45, 7) is 10.5. The molecular formula is C18H28N4O. The molecule has 0 aromatic heterocycles. The van der Waals surface area contributed by atoms with Gasteiger partial charge in [0.15, 0.2) is 5.96 Å². The molecule has 3 N–H and O–H groups in total. The van der Waals surface area contributed by atoms with Crippen molar-refractivity contribution in [1.29, 1.82) is 0 Å². The van der Waals surface area contributed by atoms with Gasteiger partial charge in [0.05, 0.1) is 6.54 Å². The summed E-state index contributed by atoms with van der Waals surface area (Å²) in [5, 5.41) is 16.2. The Kier molecular flexibility index (Phi) is 6.94. The van der Waals surface area contributed by atoms with E-state index in [9.17, 15) is 5.11 Å². The average Bonchev–Trinajstić information content (AvgIpc) is 2.56. The molecule has 1 aromatic rings. The zero-order chi connectivity index (χ0) is 16.5. The molecule has 0 amide bonds. The van der Waals surface area contributed by atoms with Crippen molar-refractivity contribution in [2.75, 3.05) is 26.2 Å². The Morgan fingerprint density at radius 2 is 2.04 bits per heavy atom. The average molecular weight is 316 g/mol. The number of likely N-dealkylation sites (tertiary alicyclic amines) is 1. The van der Waals surface area contributed by atoms with E-state index in [0.717, 1.165) is 50.5 Å². The van der Waals surface area contributed by atoms with E-state index in [1.807, 2.05) is 18.2 Å². The van der Waals surface area contributed by atoms with Gasteiger partial charge in [-0.15, -0.1) is 6.58 Å². The number of benzene rings is 1. The topological polar surface area (TPSA) is 59.9 Å². The van der Waals surface area contributed by atoms with Gasteiger partial charge in [-0.2, -0.15) is 0 Å². The normalized spacial score (nSPS) is 17.0. The molecule has 5 nitrogen and oxygen atoms in total. The summed E-state index contributed by atoms with van der Waals surface area (Å²) >= 11 is 0. The van der Waals surface area contributed by atoms with E-state index in [-0.39, 0.29) is 5.75 Å². The van der Waals surface area contributed by atoms with Gasteiger partial charge in [0, 0.05) is 32.2 Å². The van der Waals surface area contributed by atoms with Gasteiger partial charge in [-0.25, -0.2) is 4.99 Å². The Hall–Kier alpha value is -2.01. The molecule has 1 aliphatic heterocycles. The third kappa shape index (κ3) is 5.94. The highest BCUT2D eigenvalue weighted by molar-refractivity contribution is 5.80. The molecule has 5 heteroatoms. The third-order valence-corrected chi connectivity index (χ3v) is 4.02. The van der Waals surface area contributed by atoms with Crippen LogP contribution in [0.2, 0.25) is 0 Å². The Labute approximate surface area is 139 Å². The van der Waals surface area contributed by atoms with E-state index in [1.165, 1.54) is 0 Å². The van der Waals surface area contributed by atoms with Crippen LogP contribution in [0.25, 0.3) is 0 Å². The lowest BCUT2D eigenvalue weighted by molar-refractivity contribution is 0.225. The molecule has 0 saturated carbocycles. The molecule has 23 heavy (non-hydrogen) atoms. The minimum Gasteiger partial charge on any atom is -0.508 e. The fourth-order valence-corrected chi connectivity index (χ4v) is 2.73. The summed E-state index contributed by atoms with van der Waals surface area (Å²) in [6.07, 6.45) is 4.21. The SMILES string of the molecule is C=CCN1CCC(NC(=NCc2ccc(O)cc2)NCC)CC1. The monoisotopic (exact) mass is 316 g/mol. The molecule has 0 radical (unpaired) electrons. The second-order valence-electron chi connectivity index (χ2n) is 5.87. The maximum absolute atomic E-state index is 9.32. The van der Waals surface area contributed by atoms with E-state index < -0.39 is 0 Å². The largest absolute Gasteiger partial charge is 0.508 e. The molecule has 0 atom stereocenters. The number of aromatic hydroxyl groups is 1. The lowest BCUT2D eigenvalue weighted by Gasteiger charge is -2.32. The molecule has 0 bridgehead atoms. The summed E-state index contributed by atoms with van der Waals surface area (Å²) in [5.41, 5.74) is 1.08. The number of piperidine rings is 1. The van der Waals surface area contributed by atoms with Crippen molar-refractivity contribution in [1.82, 2.24) is 15.5 Å². The molecule has 1 aromatic carbocycles. The van der Waals surface area contributed by atoms with E-state index in [1.54, 1.807) is 12.1 Å². The number of hydrogen-bond donors (Lipinski definition) is 3. The van der Waals surface area contributed by atoms with Crippen molar-refractivity contribution in [3.8, 4) is 5.75 Å². The van der Waals surface area contributed by atoms with Crippen molar-refractivity contribution >= 4 is 5.96 Å². The molecule has 0 unspecified atom stereocenters. The van der Waals surface area contributed by atoms with Crippen LogP contribution in [0.1, 0.15) is 25.3 Å². The zero-order valence-corrected chi connectivity index (χ0v) is 14.0. The molecule has 1 aliphatic rings. The maximum Gasteiger partial charge on any atom is 0.191 e. The van der Waals surface area contributed by atoms with Crippen molar-refractivity contribution in [2.24, 2.45) is 4.99 Å². The van der Waals surface area contributed by atoms with Crippen LogP contribution in [-0.4, -0.2) is 48.2 Å². The van der Waals surface area contributed by atoms with E-state index >= 15 is 0 Å². The third-order valence-electron chi connectivity index (χ3n) is 4.02. The van der Waals surface area contributed by atoms with E-state index in [4.69, 9.17) is 0 Å². The van der Waals surface area contributed by atoms with Gasteiger partial charge < -0.3 is 15.7 Å². The zero-order valence-electron chi connectivity index (χ0n) is 14.0. The number of aliphatic imine (C=N–C) groups is 1. The molecule has 2 rings (SSSR count). The van der Waals surface area contributed by atoms with Gasteiger partial charge in [0.2, 0.25) is 0 Å². The number of rotatable bonds is 6. The highest BCUT2D eigenvalue weighted by atomic mass is 16.3. The van der Waals surface area contributed by atoms with Crippen LogP contribution in [0.5, 0.6) is 5.75 Å². The first kappa shape index (κ1) is 17.3. The van der Waals surface area contributed by atoms with Gasteiger partial charge in [-0.3, -0.25) is 4.90 Å². The van der Waals surface area contributed by atoms with Crippen molar-refractivity contribution < 1.29 is 5.11 Å². The van der Waals surface area contributed by atoms with Crippen LogP contribution in [-0.2, 0) is 6.54 Å². The highest BCUT2D eigenvalue weighted by Gasteiger charge is 2.18. The second-order valence-corrected chi connectivity index (χ2v) is 5.87. The van der Waals surface area contributed by atoms with Crippen molar-refractivity contribution in [2.45, 2.75) is 32.4 Å². The molecule has 1 heterocycles. The van der Waals surface area contributed by atoms with Gasteiger partial charge >= 0.3 is 0 Å². The smallest absolute Gasteiger partial charge is 0.191 e. The summed E-state index contributed by atoms with van der Waals surface area (Å²) in [4.78, 5) is 7.07. The van der Waals surface area contributed by atoms with Crippen LogP contribution < -0.4 is 10.6 Å². The molecule has 1 fully saturated rings. The summed E-state index contributed by atoms with van der Waals surface area (Å²) in [6, 6.07) is 7.65. The van der Waals surface area contributed by atoms with Crippen LogP contribution in [0.3, 0.4) is 0 Å². The summed E-state index contributed by atoms with van der Waals surface area (Å²) in [5.74, 6) is 1.15. The number of nitrogens with one attached hydrogen (secondary N) is 2. The second kappa shape index (κ2) is 9.20. The fourth-order valence-electron chi connectivity index (χ4n) is 2.73. The van der Waals surface area contributed by atoms with Crippen LogP contribution in [0, 0.1) is 0 Å².